The highest BCUT2D eigenvalue weighted by molar-refractivity contribution is 7.13. The zero-order valence-corrected chi connectivity index (χ0v) is 8.77. The molecule has 0 aliphatic rings. The second-order valence-electron chi connectivity index (χ2n) is 3.14. The third-order valence-electron chi connectivity index (χ3n) is 2.04. The summed E-state index contributed by atoms with van der Waals surface area (Å²) in [6.45, 7) is 0. The largest absolute Gasteiger partial charge is 0.416 e. The molecule has 0 amide bonds. The van der Waals surface area contributed by atoms with Crippen LogP contribution in [0.15, 0.2) is 29.8 Å². The van der Waals surface area contributed by atoms with Gasteiger partial charge in [-0.15, -0.1) is 11.3 Å². The van der Waals surface area contributed by atoms with Crippen LogP contribution in [0.3, 0.4) is 0 Å². The lowest BCUT2D eigenvalue weighted by Crippen LogP contribution is -2.05. The number of nitrogens with two attached hydrogens (primary N) is 1. The Morgan fingerprint density at radius 3 is 2.56 bits per heavy atom. The van der Waals surface area contributed by atoms with Crippen molar-refractivity contribution in [3.63, 3.8) is 0 Å². The summed E-state index contributed by atoms with van der Waals surface area (Å²) in [4.78, 5) is 3.94. The van der Waals surface area contributed by atoms with Gasteiger partial charge in [0.1, 0.15) is 5.01 Å². The fourth-order valence-electron chi connectivity index (χ4n) is 1.27. The SMILES string of the molecule is Nc1ccc(C(F)(F)F)cc1-c1nccs1. The number of benzene rings is 1. The third-order valence-corrected chi connectivity index (χ3v) is 2.85. The van der Waals surface area contributed by atoms with Crippen LogP contribution >= 0.6 is 11.3 Å². The predicted molar refractivity (Wildman–Crippen MR) is 57.0 cm³/mol. The fraction of sp³-hybridized carbons (Fsp3) is 0.100. The predicted octanol–water partition coefficient (Wildman–Crippen LogP) is 3.41. The molecular formula is C10H7F3N2S. The Bertz CT molecular complexity index is 491. The Hall–Kier alpha value is -1.56. The van der Waals surface area contributed by atoms with Crippen LogP contribution in [0.5, 0.6) is 0 Å². The minimum atomic E-state index is -4.36. The maximum absolute atomic E-state index is 12.5. The lowest BCUT2D eigenvalue weighted by atomic mass is 10.1. The zero-order valence-electron chi connectivity index (χ0n) is 7.95. The highest BCUT2D eigenvalue weighted by Crippen LogP contribution is 2.35. The number of alkyl halides is 3. The van der Waals surface area contributed by atoms with Gasteiger partial charge in [-0.05, 0) is 18.2 Å². The van der Waals surface area contributed by atoms with E-state index >= 15 is 0 Å². The number of halogens is 3. The van der Waals surface area contributed by atoms with Crippen molar-refractivity contribution in [1.82, 2.24) is 4.98 Å². The molecule has 0 atom stereocenters. The first-order chi connectivity index (χ1) is 7.48. The van der Waals surface area contributed by atoms with Gasteiger partial charge in [-0.3, -0.25) is 0 Å². The van der Waals surface area contributed by atoms with Gasteiger partial charge in [0.2, 0.25) is 0 Å². The van der Waals surface area contributed by atoms with E-state index in [4.69, 9.17) is 5.73 Å². The van der Waals surface area contributed by atoms with E-state index in [1.165, 1.54) is 23.6 Å². The van der Waals surface area contributed by atoms with Gasteiger partial charge in [-0.25, -0.2) is 4.98 Å². The second-order valence-corrected chi connectivity index (χ2v) is 4.03. The minimum Gasteiger partial charge on any atom is -0.398 e. The summed E-state index contributed by atoms with van der Waals surface area (Å²) in [6.07, 6.45) is -2.83. The number of hydrogen-bond acceptors (Lipinski definition) is 3. The highest BCUT2D eigenvalue weighted by Gasteiger charge is 2.31. The monoisotopic (exact) mass is 244 g/mol. The molecule has 0 unspecified atom stereocenters. The lowest BCUT2D eigenvalue weighted by molar-refractivity contribution is -0.137. The number of nitrogens with zero attached hydrogens (tertiary/aromatic N) is 1. The van der Waals surface area contributed by atoms with Crippen molar-refractivity contribution in [2.45, 2.75) is 6.18 Å². The molecule has 0 fully saturated rings. The van der Waals surface area contributed by atoms with Gasteiger partial charge in [0.15, 0.2) is 0 Å². The molecule has 0 saturated heterocycles. The normalized spacial score (nSPS) is 11.7. The van der Waals surface area contributed by atoms with Gasteiger partial charge < -0.3 is 5.73 Å². The zero-order chi connectivity index (χ0) is 11.8. The van der Waals surface area contributed by atoms with Crippen molar-refractivity contribution in [3.8, 4) is 10.6 Å². The Labute approximate surface area is 93.5 Å². The number of aromatic nitrogens is 1. The van der Waals surface area contributed by atoms with Crippen molar-refractivity contribution < 1.29 is 13.2 Å². The van der Waals surface area contributed by atoms with E-state index in [1.54, 1.807) is 5.38 Å². The van der Waals surface area contributed by atoms with Crippen molar-refractivity contribution >= 4 is 17.0 Å². The van der Waals surface area contributed by atoms with Crippen molar-refractivity contribution in [2.24, 2.45) is 0 Å². The Kier molecular flexibility index (Phi) is 2.59. The van der Waals surface area contributed by atoms with Crippen LogP contribution in [0.1, 0.15) is 5.56 Å². The first-order valence-corrected chi connectivity index (χ1v) is 5.23. The van der Waals surface area contributed by atoms with Gasteiger partial charge in [0, 0.05) is 22.8 Å². The van der Waals surface area contributed by atoms with Crippen molar-refractivity contribution in [3.05, 3.63) is 35.3 Å². The van der Waals surface area contributed by atoms with E-state index in [2.05, 4.69) is 4.98 Å². The summed E-state index contributed by atoms with van der Waals surface area (Å²) in [6, 6.07) is 3.24. The Morgan fingerprint density at radius 2 is 2.00 bits per heavy atom. The molecule has 1 aromatic carbocycles. The van der Waals surface area contributed by atoms with Crippen molar-refractivity contribution in [1.29, 1.82) is 0 Å². The molecule has 2 nitrogen and oxygen atoms in total. The molecule has 16 heavy (non-hydrogen) atoms. The number of rotatable bonds is 1. The number of anilines is 1. The average molecular weight is 244 g/mol. The molecule has 2 aromatic rings. The van der Waals surface area contributed by atoms with Crippen LogP contribution in [0.2, 0.25) is 0 Å². The number of nitrogen functional groups attached to an aromatic ring is 1. The van der Waals surface area contributed by atoms with E-state index in [-0.39, 0.29) is 0 Å². The van der Waals surface area contributed by atoms with Crippen LogP contribution in [0, 0.1) is 0 Å². The molecular weight excluding hydrogens is 237 g/mol. The maximum atomic E-state index is 12.5. The molecule has 0 aliphatic carbocycles. The molecule has 0 aliphatic heterocycles. The first-order valence-electron chi connectivity index (χ1n) is 4.35. The first kappa shape index (κ1) is 10.9. The molecule has 0 saturated carbocycles. The summed E-state index contributed by atoms with van der Waals surface area (Å²) in [7, 11) is 0. The standard InChI is InChI=1S/C10H7F3N2S/c11-10(12,13)6-1-2-8(14)7(5-6)9-15-3-4-16-9/h1-5H,14H2. The summed E-state index contributed by atoms with van der Waals surface area (Å²) in [5.41, 5.74) is 5.53. The Morgan fingerprint density at radius 1 is 1.25 bits per heavy atom. The summed E-state index contributed by atoms with van der Waals surface area (Å²) in [5.74, 6) is 0. The van der Waals surface area contributed by atoms with Crippen LogP contribution in [0.25, 0.3) is 10.6 Å². The Balaban J connectivity index is 2.54. The van der Waals surface area contributed by atoms with Gasteiger partial charge in [-0.1, -0.05) is 0 Å². The lowest BCUT2D eigenvalue weighted by Gasteiger charge is -2.09. The van der Waals surface area contributed by atoms with Gasteiger partial charge in [0.25, 0.3) is 0 Å². The van der Waals surface area contributed by atoms with Crippen molar-refractivity contribution in [2.75, 3.05) is 5.73 Å². The van der Waals surface area contributed by atoms with Crippen LogP contribution < -0.4 is 5.73 Å². The summed E-state index contributed by atoms with van der Waals surface area (Å²) >= 11 is 1.25. The molecule has 1 heterocycles. The highest BCUT2D eigenvalue weighted by atomic mass is 32.1. The van der Waals surface area contributed by atoms with E-state index in [0.717, 1.165) is 12.1 Å². The molecule has 0 radical (unpaired) electrons. The van der Waals surface area contributed by atoms with E-state index in [1.807, 2.05) is 0 Å². The summed E-state index contributed by atoms with van der Waals surface area (Å²) < 4.78 is 37.5. The molecule has 2 N–H and O–H groups in total. The molecule has 6 heteroatoms. The smallest absolute Gasteiger partial charge is 0.398 e. The van der Waals surface area contributed by atoms with E-state index in [9.17, 15) is 13.2 Å². The molecule has 1 aromatic heterocycles. The average Bonchev–Trinajstić information content (AvgIpc) is 2.69. The van der Waals surface area contributed by atoms with Gasteiger partial charge in [0.05, 0.1) is 5.56 Å². The second kappa shape index (κ2) is 3.79. The van der Waals surface area contributed by atoms with Gasteiger partial charge >= 0.3 is 6.18 Å². The van der Waals surface area contributed by atoms with Crippen LogP contribution in [-0.4, -0.2) is 4.98 Å². The third kappa shape index (κ3) is 2.01. The fourth-order valence-corrected chi connectivity index (χ4v) is 1.95. The molecule has 2 rings (SSSR count). The molecule has 0 spiro atoms. The van der Waals surface area contributed by atoms with E-state index in [0.29, 0.717) is 16.3 Å². The number of hydrogen-bond donors (Lipinski definition) is 1. The quantitative estimate of drug-likeness (QED) is 0.781. The van der Waals surface area contributed by atoms with Crippen LogP contribution in [0.4, 0.5) is 18.9 Å². The topological polar surface area (TPSA) is 38.9 Å². The van der Waals surface area contributed by atoms with Crippen LogP contribution in [-0.2, 0) is 6.18 Å². The summed E-state index contributed by atoms with van der Waals surface area (Å²) in [5, 5.41) is 2.18. The maximum Gasteiger partial charge on any atom is 0.416 e. The van der Waals surface area contributed by atoms with E-state index < -0.39 is 11.7 Å². The molecule has 0 bridgehead atoms. The van der Waals surface area contributed by atoms with Gasteiger partial charge in [-0.2, -0.15) is 13.2 Å². The molecule has 84 valence electrons. The number of thiazole rings is 1. The minimum absolute atomic E-state index is 0.294.